The van der Waals surface area contributed by atoms with Gasteiger partial charge in [0.2, 0.25) is 5.88 Å². The molecule has 1 aliphatic heterocycles. The highest BCUT2D eigenvalue weighted by Crippen LogP contribution is 2.28. The molecule has 1 aromatic carbocycles. The van der Waals surface area contributed by atoms with Crippen LogP contribution < -0.4 is 10.1 Å². The van der Waals surface area contributed by atoms with Crippen molar-refractivity contribution in [3.05, 3.63) is 42.2 Å². The van der Waals surface area contributed by atoms with Gasteiger partial charge in [-0.25, -0.2) is 0 Å². The zero-order valence-corrected chi connectivity index (χ0v) is 14.6. The molecule has 0 saturated carbocycles. The smallest absolute Gasteiger partial charge is 0.325 e. The van der Waals surface area contributed by atoms with Crippen molar-refractivity contribution in [2.75, 3.05) is 25.1 Å². The zero-order chi connectivity index (χ0) is 18.6. The van der Waals surface area contributed by atoms with Gasteiger partial charge in [0.15, 0.2) is 0 Å². The van der Waals surface area contributed by atoms with Gasteiger partial charge in [-0.05, 0) is 30.7 Å². The van der Waals surface area contributed by atoms with Crippen LogP contribution in [-0.2, 0) is 4.74 Å². The maximum atomic E-state index is 10.0. The number of anilines is 1. The molecule has 0 amide bonds. The molecule has 138 valence electrons. The summed E-state index contributed by atoms with van der Waals surface area (Å²) in [5.41, 5.74) is 2.04. The van der Waals surface area contributed by atoms with Gasteiger partial charge < -0.3 is 25.3 Å². The Hall–Kier alpha value is -3.26. The van der Waals surface area contributed by atoms with E-state index in [2.05, 4.69) is 20.3 Å². The number of rotatable bonds is 6. The standard InChI is InChI=1S/C19H19N5O3/c20-8-13-7-14(1-2-16(13)22-9-12-4-6-26-11-12)27-19-23-17-10-21-5-3-15(17)18(25)24-19/h1-3,5,7-8,10,12,20,22H,4,6,9,11H2,(H,23,24,25). The maximum absolute atomic E-state index is 10.0. The Balaban J connectivity index is 1.53. The van der Waals surface area contributed by atoms with E-state index in [1.807, 2.05) is 6.07 Å². The van der Waals surface area contributed by atoms with Crippen molar-refractivity contribution in [2.45, 2.75) is 6.42 Å². The van der Waals surface area contributed by atoms with Crippen molar-refractivity contribution >= 4 is 22.8 Å². The second-order valence-corrected chi connectivity index (χ2v) is 6.33. The Labute approximate surface area is 155 Å². The van der Waals surface area contributed by atoms with Gasteiger partial charge in [-0.2, -0.15) is 9.97 Å². The molecule has 8 heteroatoms. The molecular weight excluding hydrogens is 346 g/mol. The lowest BCUT2D eigenvalue weighted by atomic mass is 10.1. The summed E-state index contributed by atoms with van der Waals surface area (Å²) in [5.74, 6) is 0.801. The van der Waals surface area contributed by atoms with E-state index in [1.54, 1.807) is 24.4 Å². The highest BCUT2D eigenvalue weighted by molar-refractivity contribution is 5.86. The van der Waals surface area contributed by atoms with E-state index in [-0.39, 0.29) is 11.9 Å². The summed E-state index contributed by atoms with van der Waals surface area (Å²) in [7, 11) is 0. The van der Waals surface area contributed by atoms with Gasteiger partial charge in [-0.3, -0.25) is 4.98 Å². The minimum absolute atomic E-state index is 0.0211. The van der Waals surface area contributed by atoms with Crippen molar-refractivity contribution < 1.29 is 14.6 Å². The van der Waals surface area contributed by atoms with Crippen molar-refractivity contribution in [1.29, 1.82) is 5.41 Å². The predicted octanol–water partition coefficient (Wildman–Crippen LogP) is 2.97. The average Bonchev–Trinajstić information content (AvgIpc) is 3.20. The van der Waals surface area contributed by atoms with E-state index in [1.165, 1.54) is 12.4 Å². The highest BCUT2D eigenvalue weighted by atomic mass is 16.5. The molecule has 0 spiro atoms. The van der Waals surface area contributed by atoms with E-state index >= 15 is 0 Å². The van der Waals surface area contributed by atoms with Crippen LogP contribution in [0, 0.1) is 11.3 Å². The molecule has 27 heavy (non-hydrogen) atoms. The summed E-state index contributed by atoms with van der Waals surface area (Å²) in [6.07, 6.45) is 5.41. The van der Waals surface area contributed by atoms with Crippen LogP contribution in [0.25, 0.3) is 10.9 Å². The first-order chi connectivity index (χ1) is 13.2. The summed E-state index contributed by atoms with van der Waals surface area (Å²) in [4.78, 5) is 12.2. The molecule has 1 aliphatic rings. The summed E-state index contributed by atoms with van der Waals surface area (Å²) in [5, 5.41) is 21.6. The lowest BCUT2D eigenvalue weighted by Crippen LogP contribution is -2.15. The van der Waals surface area contributed by atoms with E-state index < -0.39 is 0 Å². The molecule has 1 fully saturated rings. The monoisotopic (exact) mass is 365 g/mol. The highest BCUT2D eigenvalue weighted by Gasteiger charge is 2.16. The first-order valence-electron chi connectivity index (χ1n) is 8.67. The van der Waals surface area contributed by atoms with E-state index in [0.717, 1.165) is 31.9 Å². The van der Waals surface area contributed by atoms with Crippen LogP contribution in [0.2, 0.25) is 0 Å². The van der Waals surface area contributed by atoms with E-state index in [4.69, 9.17) is 14.9 Å². The molecule has 0 bridgehead atoms. The molecule has 4 rings (SSSR count). The molecule has 1 atom stereocenters. The van der Waals surface area contributed by atoms with Crippen molar-refractivity contribution in [3.8, 4) is 17.6 Å². The van der Waals surface area contributed by atoms with Gasteiger partial charge in [0.25, 0.3) is 0 Å². The summed E-state index contributed by atoms with van der Waals surface area (Å²) >= 11 is 0. The topological polar surface area (TPSA) is 113 Å². The Morgan fingerprint density at radius 2 is 2.26 bits per heavy atom. The second-order valence-electron chi connectivity index (χ2n) is 6.33. The Bertz CT molecular complexity index is 973. The molecule has 3 heterocycles. The fourth-order valence-electron chi connectivity index (χ4n) is 2.98. The summed E-state index contributed by atoms with van der Waals surface area (Å²) in [6, 6.07) is 7.02. The predicted molar refractivity (Wildman–Crippen MR) is 101 cm³/mol. The number of benzene rings is 1. The van der Waals surface area contributed by atoms with Gasteiger partial charge in [-0.15, -0.1) is 0 Å². The van der Waals surface area contributed by atoms with Crippen LogP contribution >= 0.6 is 0 Å². The average molecular weight is 365 g/mol. The maximum Gasteiger partial charge on any atom is 0.325 e. The molecule has 0 radical (unpaired) electrons. The van der Waals surface area contributed by atoms with Crippen LogP contribution in [0.4, 0.5) is 5.69 Å². The summed E-state index contributed by atoms with van der Waals surface area (Å²) in [6.45, 7) is 2.38. The molecule has 8 nitrogen and oxygen atoms in total. The van der Waals surface area contributed by atoms with E-state index in [9.17, 15) is 5.11 Å². The van der Waals surface area contributed by atoms with Crippen LogP contribution in [-0.4, -0.2) is 46.0 Å². The largest absolute Gasteiger partial charge is 0.493 e. The number of aromatic hydroxyl groups is 1. The number of nitrogens with zero attached hydrogens (tertiary/aromatic N) is 3. The third-order valence-electron chi connectivity index (χ3n) is 4.45. The second kappa shape index (κ2) is 7.55. The normalized spacial score (nSPS) is 16.4. The van der Waals surface area contributed by atoms with Gasteiger partial charge >= 0.3 is 6.01 Å². The number of hydrogen-bond donors (Lipinski definition) is 3. The van der Waals surface area contributed by atoms with Crippen LogP contribution in [0.3, 0.4) is 0 Å². The third kappa shape index (κ3) is 3.80. The van der Waals surface area contributed by atoms with Crippen molar-refractivity contribution in [3.63, 3.8) is 0 Å². The molecule has 2 aromatic heterocycles. The molecule has 1 unspecified atom stereocenters. The van der Waals surface area contributed by atoms with Crippen molar-refractivity contribution in [1.82, 2.24) is 15.0 Å². The van der Waals surface area contributed by atoms with Crippen LogP contribution in [0.1, 0.15) is 12.0 Å². The van der Waals surface area contributed by atoms with E-state index in [0.29, 0.717) is 28.1 Å². The SMILES string of the molecule is N=Cc1cc(Oc2nc(O)c3ccncc3n2)ccc1NCC1CCOC1. The molecule has 0 aliphatic carbocycles. The number of aromatic nitrogens is 3. The molecular formula is C19H19N5O3. The fourth-order valence-corrected chi connectivity index (χ4v) is 2.98. The lowest BCUT2D eigenvalue weighted by Gasteiger charge is -2.14. The van der Waals surface area contributed by atoms with Crippen LogP contribution in [0.5, 0.6) is 17.6 Å². The molecule has 1 saturated heterocycles. The zero-order valence-electron chi connectivity index (χ0n) is 14.6. The van der Waals surface area contributed by atoms with Gasteiger partial charge in [0.1, 0.15) is 5.75 Å². The lowest BCUT2D eigenvalue weighted by molar-refractivity contribution is 0.187. The quantitative estimate of drug-likeness (QED) is 0.576. The number of pyridine rings is 1. The summed E-state index contributed by atoms with van der Waals surface area (Å²) < 4.78 is 11.1. The number of hydrogen-bond acceptors (Lipinski definition) is 8. The minimum atomic E-state index is -0.165. The Kier molecular flexibility index (Phi) is 4.80. The minimum Gasteiger partial charge on any atom is -0.493 e. The first-order valence-corrected chi connectivity index (χ1v) is 8.67. The number of nitrogens with one attached hydrogen (secondary N) is 2. The number of ether oxygens (including phenoxy) is 2. The van der Waals surface area contributed by atoms with Gasteiger partial charge in [-0.1, -0.05) is 0 Å². The van der Waals surface area contributed by atoms with Gasteiger partial charge in [0, 0.05) is 42.7 Å². The first kappa shape index (κ1) is 17.2. The Morgan fingerprint density at radius 3 is 3.07 bits per heavy atom. The third-order valence-corrected chi connectivity index (χ3v) is 4.45. The fraction of sp³-hybridized carbons (Fsp3) is 0.263. The van der Waals surface area contributed by atoms with Crippen molar-refractivity contribution in [2.24, 2.45) is 5.92 Å². The van der Waals surface area contributed by atoms with Gasteiger partial charge in [0.05, 0.1) is 23.7 Å². The van der Waals surface area contributed by atoms with Crippen LogP contribution in [0.15, 0.2) is 36.7 Å². The Morgan fingerprint density at radius 1 is 1.33 bits per heavy atom. The molecule has 3 aromatic rings. The number of fused-ring (bicyclic) bond motifs is 1. The molecule has 3 N–H and O–H groups in total.